The Bertz CT molecular complexity index is 1000. The van der Waals surface area contributed by atoms with E-state index in [1.807, 2.05) is 18.2 Å². The fourth-order valence-electron chi connectivity index (χ4n) is 3.34. The third-order valence-corrected chi connectivity index (χ3v) is 4.79. The molecule has 1 atom stereocenters. The molecule has 138 valence electrons. The Morgan fingerprint density at radius 2 is 1.96 bits per heavy atom. The molecule has 0 aliphatic carbocycles. The molecule has 0 spiro atoms. The maximum Gasteiger partial charge on any atom is 0.255 e. The maximum atomic E-state index is 13.9. The van der Waals surface area contributed by atoms with Crippen LogP contribution >= 0.6 is 0 Å². The molecule has 1 aromatic carbocycles. The van der Waals surface area contributed by atoms with Crippen LogP contribution in [-0.4, -0.2) is 33.7 Å². The van der Waals surface area contributed by atoms with E-state index in [0.717, 1.165) is 18.5 Å². The second kappa shape index (κ2) is 7.19. The van der Waals surface area contributed by atoms with Gasteiger partial charge >= 0.3 is 0 Å². The van der Waals surface area contributed by atoms with Gasteiger partial charge in [-0.15, -0.1) is 0 Å². The minimum absolute atomic E-state index is 0.0865. The van der Waals surface area contributed by atoms with Crippen molar-refractivity contribution in [2.45, 2.75) is 12.5 Å². The SMILES string of the molecule is Cn1c(N2CCC(Nc3ccccc3F)C2)nc(-c2ccncc2)cc1=O. The third kappa shape index (κ3) is 3.53. The van der Waals surface area contributed by atoms with Gasteiger partial charge < -0.3 is 10.2 Å². The quantitative estimate of drug-likeness (QED) is 0.770. The van der Waals surface area contributed by atoms with E-state index in [1.165, 1.54) is 12.1 Å². The molecule has 0 amide bonds. The van der Waals surface area contributed by atoms with Crippen molar-refractivity contribution in [3.05, 3.63) is 71.0 Å². The highest BCUT2D eigenvalue weighted by Crippen LogP contribution is 2.23. The fraction of sp³-hybridized carbons (Fsp3) is 0.250. The van der Waals surface area contributed by atoms with Gasteiger partial charge in [-0.05, 0) is 30.7 Å². The van der Waals surface area contributed by atoms with E-state index < -0.39 is 0 Å². The number of anilines is 2. The molecule has 3 heterocycles. The highest BCUT2D eigenvalue weighted by molar-refractivity contribution is 5.59. The first-order valence-corrected chi connectivity index (χ1v) is 8.86. The summed E-state index contributed by atoms with van der Waals surface area (Å²) < 4.78 is 15.4. The number of halogens is 1. The monoisotopic (exact) mass is 365 g/mol. The number of benzene rings is 1. The Morgan fingerprint density at radius 1 is 1.19 bits per heavy atom. The Hall–Kier alpha value is -3.22. The minimum Gasteiger partial charge on any atom is -0.378 e. The predicted octanol–water partition coefficient (Wildman–Crippen LogP) is 2.67. The van der Waals surface area contributed by atoms with E-state index in [4.69, 9.17) is 4.98 Å². The van der Waals surface area contributed by atoms with Gasteiger partial charge in [0.05, 0.1) is 11.4 Å². The van der Waals surface area contributed by atoms with Gasteiger partial charge in [-0.3, -0.25) is 14.3 Å². The zero-order valence-electron chi connectivity index (χ0n) is 15.0. The van der Waals surface area contributed by atoms with Crippen LogP contribution in [0.4, 0.5) is 16.0 Å². The summed E-state index contributed by atoms with van der Waals surface area (Å²) in [4.78, 5) is 23.2. The molecule has 1 aliphatic rings. The Labute approximate surface area is 156 Å². The molecule has 27 heavy (non-hydrogen) atoms. The van der Waals surface area contributed by atoms with E-state index >= 15 is 0 Å². The fourth-order valence-corrected chi connectivity index (χ4v) is 3.34. The largest absolute Gasteiger partial charge is 0.378 e. The zero-order valence-corrected chi connectivity index (χ0v) is 15.0. The van der Waals surface area contributed by atoms with Gasteiger partial charge in [-0.1, -0.05) is 12.1 Å². The van der Waals surface area contributed by atoms with Gasteiger partial charge in [0.15, 0.2) is 0 Å². The van der Waals surface area contributed by atoms with E-state index in [1.54, 1.807) is 36.1 Å². The van der Waals surface area contributed by atoms with Crippen molar-refractivity contribution in [3.63, 3.8) is 0 Å². The molecule has 4 rings (SSSR count). The third-order valence-electron chi connectivity index (χ3n) is 4.79. The summed E-state index contributed by atoms with van der Waals surface area (Å²) in [6, 6.07) is 11.9. The van der Waals surface area contributed by atoms with Crippen LogP contribution < -0.4 is 15.8 Å². The zero-order chi connectivity index (χ0) is 18.8. The Kier molecular flexibility index (Phi) is 4.58. The number of rotatable bonds is 4. The van der Waals surface area contributed by atoms with E-state index in [-0.39, 0.29) is 17.4 Å². The van der Waals surface area contributed by atoms with E-state index in [0.29, 0.717) is 23.9 Å². The molecule has 1 saturated heterocycles. The summed E-state index contributed by atoms with van der Waals surface area (Å²) in [5, 5.41) is 3.25. The van der Waals surface area contributed by atoms with Gasteiger partial charge in [-0.25, -0.2) is 9.37 Å². The van der Waals surface area contributed by atoms with Crippen LogP contribution in [0, 0.1) is 5.82 Å². The number of hydrogen-bond acceptors (Lipinski definition) is 5. The lowest BCUT2D eigenvalue weighted by Crippen LogP contribution is -2.32. The van der Waals surface area contributed by atoms with Crippen molar-refractivity contribution in [1.82, 2.24) is 14.5 Å². The second-order valence-corrected chi connectivity index (χ2v) is 6.63. The van der Waals surface area contributed by atoms with Crippen molar-refractivity contribution in [1.29, 1.82) is 0 Å². The number of pyridine rings is 1. The highest BCUT2D eigenvalue weighted by atomic mass is 19.1. The normalized spacial score (nSPS) is 16.5. The lowest BCUT2D eigenvalue weighted by Gasteiger charge is -2.21. The first-order chi connectivity index (χ1) is 13.1. The van der Waals surface area contributed by atoms with Crippen LogP contribution in [0.25, 0.3) is 11.3 Å². The first-order valence-electron chi connectivity index (χ1n) is 8.86. The van der Waals surface area contributed by atoms with Crippen molar-refractivity contribution in [2.75, 3.05) is 23.3 Å². The van der Waals surface area contributed by atoms with Crippen molar-refractivity contribution in [3.8, 4) is 11.3 Å². The predicted molar refractivity (Wildman–Crippen MR) is 103 cm³/mol. The summed E-state index contributed by atoms with van der Waals surface area (Å²) in [5.74, 6) is 0.355. The number of nitrogens with one attached hydrogen (secondary N) is 1. The molecular weight excluding hydrogens is 345 g/mol. The molecule has 1 fully saturated rings. The van der Waals surface area contributed by atoms with Gasteiger partial charge in [0.2, 0.25) is 5.95 Å². The second-order valence-electron chi connectivity index (χ2n) is 6.63. The molecule has 0 radical (unpaired) electrons. The summed E-state index contributed by atoms with van der Waals surface area (Å²) in [7, 11) is 1.72. The van der Waals surface area contributed by atoms with E-state index in [2.05, 4.69) is 15.2 Å². The Morgan fingerprint density at radius 3 is 2.74 bits per heavy atom. The number of nitrogens with zero attached hydrogens (tertiary/aromatic N) is 4. The maximum absolute atomic E-state index is 13.9. The van der Waals surface area contributed by atoms with Gasteiger partial charge in [0.1, 0.15) is 5.82 Å². The molecule has 1 N–H and O–H groups in total. The van der Waals surface area contributed by atoms with Crippen LogP contribution in [0.3, 0.4) is 0 Å². The van der Waals surface area contributed by atoms with Crippen molar-refractivity contribution in [2.24, 2.45) is 7.05 Å². The smallest absolute Gasteiger partial charge is 0.255 e. The topological polar surface area (TPSA) is 63.1 Å². The molecule has 3 aromatic rings. The van der Waals surface area contributed by atoms with Crippen LogP contribution in [0.2, 0.25) is 0 Å². The molecule has 1 unspecified atom stereocenters. The van der Waals surface area contributed by atoms with Crippen LogP contribution in [0.1, 0.15) is 6.42 Å². The molecule has 0 saturated carbocycles. The summed E-state index contributed by atoms with van der Waals surface area (Å²) in [6.07, 6.45) is 4.19. The van der Waals surface area contributed by atoms with Crippen LogP contribution in [0.5, 0.6) is 0 Å². The standard InChI is InChI=1S/C20H20FN5O/c1-25-19(27)12-18(14-6-9-22-10-7-14)24-20(25)26-11-8-15(13-26)23-17-5-3-2-4-16(17)21/h2-7,9-10,12,15,23H,8,11,13H2,1H3. The minimum atomic E-state index is -0.263. The summed E-state index contributed by atoms with van der Waals surface area (Å²) >= 11 is 0. The summed E-state index contributed by atoms with van der Waals surface area (Å²) in [5.41, 5.74) is 1.86. The highest BCUT2D eigenvalue weighted by Gasteiger charge is 2.26. The molecule has 2 aromatic heterocycles. The number of aromatic nitrogens is 3. The van der Waals surface area contributed by atoms with Crippen LogP contribution in [0.15, 0.2) is 59.7 Å². The van der Waals surface area contributed by atoms with Crippen LogP contribution in [-0.2, 0) is 7.05 Å². The summed E-state index contributed by atoms with van der Waals surface area (Å²) in [6.45, 7) is 1.39. The number of hydrogen-bond donors (Lipinski definition) is 1. The Balaban J connectivity index is 1.58. The van der Waals surface area contributed by atoms with Gasteiger partial charge in [0.25, 0.3) is 5.56 Å². The lowest BCUT2D eigenvalue weighted by atomic mass is 10.2. The molecular formula is C20H20FN5O. The van der Waals surface area contributed by atoms with E-state index in [9.17, 15) is 9.18 Å². The molecule has 1 aliphatic heterocycles. The van der Waals surface area contributed by atoms with Gasteiger partial charge in [0, 0.05) is 50.2 Å². The molecule has 6 nitrogen and oxygen atoms in total. The number of para-hydroxylation sites is 1. The first kappa shape index (κ1) is 17.2. The molecule has 0 bridgehead atoms. The van der Waals surface area contributed by atoms with Crippen molar-refractivity contribution >= 4 is 11.6 Å². The molecule has 7 heteroatoms. The lowest BCUT2D eigenvalue weighted by molar-refractivity contribution is 0.626. The average molecular weight is 365 g/mol. The average Bonchev–Trinajstić information content (AvgIpc) is 3.15. The van der Waals surface area contributed by atoms with Crippen molar-refractivity contribution < 1.29 is 4.39 Å². The van der Waals surface area contributed by atoms with Gasteiger partial charge in [-0.2, -0.15) is 0 Å².